The van der Waals surface area contributed by atoms with Crippen molar-refractivity contribution in [2.75, 3.05) is 19.0 Å². The summed E-state index contributed by atoms with van der Waals surface area (Å²) in [5.74, 6) is -0.00457. The van der Waals surface area contributed by atoms with Crippen molar-refractivity contribution < 1.29 is 9.53 Å². The smallest absolute Gasteiger partial charge is 0.338 e. The Bertz CT molecular complexity index is 385. The van der Waals surface area contributed by atoms with Crippen LogP contribution in [0.4, 0.5) is 5.69 Å². The van der Waals surface area contributed by atoms with Gasteiger partial charge in [-0.2, -0.15) is 0 Å². The Morgan fingerprint density at radius 1 is 1.44 bits per heavy atom. The van der Waals surface area contributed by atoms with Gasteiger partial charge in [-0.15, -0.1) is 0 Å². The van der Waals surface area contributed by atoms with E-state index in [-0.39, 0.29) is 5.97 Å². The Hall–Kier alpha value is -2.04. The second kappa shape index (κ2) is 5.75. The number of esters is 1. The third kappa shape index (κ3) is 3.27. The maximum absolute atomic E-state index is 11.3. The van der Waals surface area contributed by atoms with E-state index < -0.39 is 0 Å². The van der Waals surface area contributed by atoms with Crippen LogP contribution in [0.3, 0.4) is 0 Å². The predicted octanol–water partition coefficient (Wildman–Crippen LogP) is 1.22. The fourth-order valence-corrected chi connectivity index (χ4v) is 1.11. The van der Waals surface area contributed by atoms with Crippen molar-refractivity contribution >= 4 is 17.6 Å². The molecule has 86 valence electrons. The number of anilines is 1. The van der Waals surface area contributed by atoms with Crippen LogP contribution in [0.25, 0.3) is 0 Å². The molecule has 1 rings (SSSR count). The lowest BCUT2D eigenvalue weighted by Gasteiger charge is -2.05. The molecule has 0 aromatic heterocycles. The van der Waals surface area contributed by atoms with Crippen molar-refractivity contribution in [2.45, 2.75) is 6.92 Å². The summed E-state index contributed by atoms with van der Waals surface area (Å²) in [7, 11) is 1.59. The molecule has 1 aromatic rings. The quantitative estimate of drug-likeness (QED) is 0.457. The second-order valence-electron chi connectivity index (χ2n) is 3.03. The van der Waals surface area contributed by atoms with Crippen LogP contribution in [-0.2, 0) is 4.74 Å². The number of guanidine groups is 1. The summed E-state index contributed by atoms with van der Waals surface area (Å²) in [6.45, 7) is 2.14. The SMILES string of the molecule is CCOC(=O)c1ccc(NC(N)=NC)cc1. The molecule has 0 bridgehead atoms. The number of nitrogens with zero attached hydrogens (tertiary/aromatic N) is 1. The lowest BCUT2D eigenvalue weighted by Crippen LogP contribution is -2.21. The van der Waals surface area contributed by atoms with E-state index in [9.17, 15) is 4.79 Å². The maximum Gasteiger partial charge on any atom is 0.338 e. The predicted molar refractivity (Wildman–Crippen MR) is 63.6 cm³/mol. The first-order valence-corrected chi connectivity index (χ1v) is 4.93. The minimum absolute atomic E-state index is 0.323. The fraction of sp³-hybridized carbons (Fsp3) is 0.273. The summed E-state index contributed by atoms with van der Waals surface area (Å²) in [5.41, 5.74) is 6.79. The number of aliphatic imine (C=N–C) groups is 1. The van der Waals surface area contributed by atoms with Gasteiger partial charge in [0, 0.05) is 12.7 Å². The molecule has 16 heavy (non-hydrogen) atoms. The normalized spacial score (nSPS) is 11.0. The third-order valence-corrected chi connectivity index (χ3v) is 1.91. The Morgan fingerprint density at radius 2 is 2.06 bits per heavy atom. The highest BCUT2D eigenvalue weighted by atomic mass is 16.5. The van der Waals surface area contributed by atoms with Gasteiger partial charge >= 0.3 is 5.97 Å². The Labute approximate surface area is 94.3 Å². The Kier molecular flexibility index (Phi) is 4.32. The van der Waals surface area contributed by atoms with Gasteiger partial charge in [-0.1, -0.05) is 0 Å². The van der Waals surface area contributed by atoms with Gasteiger partial charge in [0.25, 0.3) is 0 Å². The van der Waals surface area contributed by atoms with Gasteiger partial charge in [-0.25, -0.2) is 4.79 Å². The van der Waals surface area contributed by atoms with E-state index in [1.807, 2.05) is 0 Å². The van der Waals surface area contributed by atoms with Crippen LogP contribution in [0.2, 0.25) is 0 Å². The topological polar surface area (TPSA) is 76.7 Å². The first kappa shape index (κ1) is 12.0. The van der Waals surface area contributed by atoms with Crippen molar-refractivity contribution in [3.8, 4) is 0 Å². The number of ether oxygens (including phenoxy) is 1. The zero-order chi connectivity index (χ0) is 12.0. The van der Waals surface area contributed by atoms with E-state index in [0.29, 0.717) is 18.1 Å². The van der Waals surface area contributed by atoms with Crippen LogP contribution < -0.4 is 11.1 Å². The van der Waals surface area contributed by atoms with Crippen LogP contribution in [-0.4, -0.2) is 25.6 Å². The number of nitrogens with one attached hydrogen (secondary N) is 1. The van der Waals surface area contributed by atoms with Gasteiger partial charge in [0.05, 0.1) is 12.2 Å². The van der Waals surface area contributed by atoms with Crippen molar-refractivity contribution in [1.29, 1.82) is 0 Å². The van der Waals surface area contributed by atoms with Gasteiger partial charge in [0.2, 0.25) is 0 Å². The summed E-state index contributed by atoms with van der Waals surface area (Å²) in [4.78, 5) is 15.1. The molecule has 0 radical (unpaired) electrons. The highest BCUT2D eigenvalue weighted by Crippen LogP contribution is 2.10. The first-order chi connectivity index (χ1) is 7.67. The molecule has 0 aliphatic carbocycles. The van der Waals surface area contributed by atoms with E-state index in [2.05, 4.69) is 10.3 Å². The second-order valence-corrected chi connectivity index (χ2v) is 3.03. The largest absolute Gasteiger partial charge is 0.462 e. The highest BCUT2D eigenvalue weighted by Gasteiger charge is 2.05. The van der Waals surface area contributed by atoms with E-state index in [4.69, 9.17) is 10.5 Å². The molecule has 5 heteroatoms. The molecular weight excluding hydrogens is 206 g/mol. The summed E-state index contributed by atoms with van der Waals surface area (Å²) in [6, 6.07) is 6.82. The molecule has 3 N–H and O–H groups in total. The molecule has 0 heterocycles. The van der Waals surface area contributed by atoms with Crippen LogP contribution >= 0.6 is 0 Å². The average Bonchev–Trinajstić information content (AvgIpc) is 2.30. The third-order valence-electron chi connectivity index (χ3n) is 1.91. The molecule has 0 atom stereocenters. The number of hydrogen-bond donors (Lipinski definition) is 2. The van der Waals surface area contributed by atoms with Crippen LogP contribution in [0.5, 0.6) is 0 Å². The molecule has 0 unspecified atom stereocenters. The monoisotopic (exact) mass is 221 g/mol. The first-order valence-electron chi connectivity index (χ1n) is 4.93. The minimum Gasteiger partial charge on any atom is -0.462 e. The van der Waals surface area contributed by atoms with Gasteiger partial charge in [0.1, 0.15) is 0 Å². The summed E-state index contributed by atoms with van der Waals surface area (Å²) >= 11 is 0. The zero-order valence-electron chi connectivity index (χ0n) is 9.36. The molecule has 0 fully saturated rings. The van der Waals surface area contributed by atoms with Crippen LogP contribution in [0, 0.1) is 0 Å². The van der Waals surface area contributed by atoms with E-state index in [1.54, 1.807) is 38.2 Å². The number of nitrogens with two attached hydrogens (primary N) is 1. The minimum atomic E-state index is -0.328. The average molecular weight is 221 g/mol. The van der Waals surface area contributed by atoms with Gasteiger partial charge in [-0.3, -0.25) is 4.99 Å². The molecule has 1 aromatic carbocycles. The molecule has 0 amide bonds. The van der Waals surface area contributed by atoms with Gasteiger partial charge in [0.15, 0.2) is 5.96 Å². The molecule has 0 saturated carbocycles. The summed E-state index contributed by atoms with van der Waals surface area (Å²) in [5, 5.41) is 2.87. The van der Waals surface area contributed by atoms with Crippen molar-refractivity contribution in [3.63, 3.8) is 0 Å². The van der Waals surface area contributed by atoms with E-state index in [0.717, 1.165) is 5.69 Å². The number of carbonyl (C=O) groups excluding carboxylic acids is 1. The summed E-state index contributed by atoms with van der Waals surface area (Å²) in [6.07, 6.45) is 0. The lowest BCUT2D eigenvalue weighted by molar-refractivity contribution is 0.0526. The van der Waals surface area contributed by atoms with E-state index in [1.165, 1.54) is 0 Å². The van der Waals surface area contributed by atoms with E-state index >= 15 is 0 Å². The molecule has 5 nitrogen and oxygen atoms in total. The number of benzene rings is 1. The van der Waals surface area contributed by atoms with Crippen LogP contribution in [0.15, 0.2) is 29.3 Å². The molecule has 0 aliphatic rings. The zero-order valence-corrected chi connectivity index (χ0v) is 9.36. The lowest BCUT2D eigenvalue weighted by atomic mass is 10.2. The molecular formula is C11H15N3O2. The van der Waals surface area contributed by atoms with Crippen molar-refractivity contribution in [1.82, 2.24) is 0 Å². The van der Waals surface area contributed by atoms with Crippen LogP contribution in [0.1, 0.15) is 17.3 Å². The highest BCUT2D eigenvalue weighted by molar-refractivity contribution is 5.93. The standard InChI is InChI=1S/C11H15N3O2/c1-3-16-10(15)8-4-6-9(7-5-8)14-11(12)13-2/h4-7H,3H2,1-2H3,(H3,12,13,14). The summed E-state index contributed by atoms with van der Waals surface area (Å²) < 4.78 is 4.86. The maximum atomic E-state index is 11.3. The molecule has 0 spiro atoms. The molecule has 0 saturated heterocycles. The van der Waals surface area contributed by atoms with Crippen molar-refractivity contribution in [2.24, 2.45) is 10.7 Å². The van der Waals surface area contributed by atoms with Gasteiger partial charge < -0.3 is 15.8 Å². The Balaban J connectivity index is 2.71. The van der Waals surface area contributed by atoms with Gasteiger partial charge in [-0.05, 0) is 31.2 Å². The molecule has 0 aliphatic heterocycles. The number of hydrogen-bond acceptors (Lipinski definition) is 3. The number of rotatable bonds is 3. The fourth-order valence-electron chi connectivity index (χ4n) is 1.11. The number of carbonyl (C=O) groups is 1. The van der Waals surface area contributed by atoms with Crippen molar-refractivity contribution in [3.05, 3.63) is 29.8 Å². The Morgan fingerprint density at radius 3 is 2.56 bits per heavy atom.